The molecule has 9 heteroatoms. The highest BCUT2D eigenvalue weighted by Crippen LogP contribution is 2.23. The summed E-state index contributed by atoms with van der Waals surface area (Å²) in [5.74, 6) is 0.238. The minimum Gasteiger partial charge on any atom is -0.287 e. The molecular weight excluding hydrogens is 449 g/mol. The van der Waals surface area contributed by atoms with E-state index in [1.165, 1.54) is 36.0 Å². The van der Waals surface area contributed by atoms with Crippen LogP contribution in [0.25, 0.3) is 10.9 Å². The molecule has 164 valence electrons. The fraction of sp³-hybridized carbons (Fsp3) is 0.130. The number of fused-ring (bicyclic) bond motifs is 1. The number of hydrogen-bond donors (Lipinski definition) is 1. The lowest BCUT2D eigenvalue weighted by atomic mass is 10.1. The summed E-state index contributed by atoms with van der Waals surface area (Å²) in [5, 5.41) is 6.25. The Labute approximate surface area is 189 Å². The van der Waals surface area contributed by atoms with Gasteiger partial charge in [0.1, 0.15) is 5.82 Å². The SMILES string of the molecule is NS(=O)(=O)c1ccc(CCn2c(SCc3ccc(F)cc3)nc3ccccc3c2=O)cc1. The molecule has 0 unspecified atom stereocenters. The number of hydrogen-bond acceptors (Lipinski definition) is 5. The number of rotatable bonds is 7. The molecule has 0 atom stereocenters. The molecule has 3 aromatic carbocycles. The number of sulfonamides is 1. The van der Waals surface area contributed by atoms with Gasteiger partial charge in [0, 0.05) is 12.3 Å². The molecule has 4 rings (SSSR count). The quantitative estimate of drug-likeness (QED) is 0.329. The van der Waals surface area contributed by atoms with Crippen LogP contribution in [0.15, 0.2) is 87.6 Å². The second kappa shape index (κ2) is 9.23. The van der Waals surface area contributed by atoms with Gasteiger partial charge < -0.3 is 0 Å². The van der Waals surface area contributed by atoms with Crippen LogP contribution in [0.3, 0.4) is 0 Å². The molecule has 1 heterocycles. The van der Waals surface area contributed by atoms with Crippen molar-refractivity contribution in [3.63, 3.8) is 0 Å². The van der Waals surface area contributed by atoms with E-state index in [1.54, 1.807) is 47.0 Å². The van der Waals surface area contributed by atoms with Crippen molar-refractivity contribution in [1.82, 2.24) is 9.55 Å². The van der Waals surface area contributed by atoms with Crippen molar-refractivity contribution in [2.45, 2.75) is 28.8 Å². The van der Waals surface area contributed by atoms with Crippen LogP contribution in [0.1, 0.15) is 11.1 Å². The molecule has 32 heavy (non-hydrogen) atoms. The Morgan fingerprint density at radius 3 is 2.28 bits per heavy atom. The first kappa shape index (κ1) is 22.2. The first-order chi connectivity index (χ1) is 15.3. The van der Waals surface area contributed by atoms with Crippen molar-refractivity contribution < 1.29 is 12.8 Å². The van der Waals surface area contributed by atoms with Gasteiger partial charge in [-0.15, -0.1) is 0 Å². The fourth-order valence-corrected chi connectivity index (χ4v) is 4.77. The van der Waals surface area contributed by atoms with E-state index >= 15 is 0 Å². The van der Waals surface area contributed by atoms with Crippen molar-refractivity contribution in [1.29, 1.82) is 0 Å². The number of benzene rings is 3. The zero-order valence-electron chi connectivity index (χ0n) is 16.9. The predicted molar refractivity (Wildman–Crippen MR) is 123 cm³/mol. The zero-order chi connectivity index (χ0) is 22.7. The Morgan fingerprint density at radius 2 is 1.59 bits per heavy atom. The number of halogens is 1. The topological polar surface area (TPSA) is 95.1 Å². The van der Waals surface area contributed by atoms with E-state index in [-0.39, 0.29) is 16.3 Å². The third-order valence-corrected chi connectivity index (χ3v) is 6.96. The molecule has 6 nitrogen and oxygen atoms in total. The average molecular weight is 470 g/mol. The maximum Gasteiger partial charge on any atom is 0.262 e. The Morgan fingerprint density at radius 1 is 0.938 bits per heavy atom. The van der Waals surface area contributed by atoms with Gasteiger partial charge in [-0.2, -0.15) is 0 Å². The monoisotopic (exact) mass is 469 g/mol. The number of aromatic nitrogens is 2. The standard InChI is InChI=1S/C23H20FN3O3S2/c24-18-9-5-17(6-10-18)15-31-23-26-21-4-2-1-3-20(21)22(28)27(23)14-13-16-7-11-19(12-8-16)32(25,29)30/h1-12H,13-15H2,(H2,25,29,30). The second-order valence-electron chi connectivity index (χ2n) is 7.22. The van der Waals surface area contributed by atoms with Crippen molar-refractivity contribution in [3.05, 3.63) is 100 Å². The lowest BCUT2D eigenvalue weighted by molar-refractivity contribution is 0.594. The fourth-order valence-electron chi connectivity index (χ4n) is 3.27. The number of para-hydroxylation sites is 1. The summed E-state index contributed by atoms with van der Waals surface area (Å²) in [6, 6.07) is 19.7. The molecule has 0 aliphatic rings. The third-order valence-electron chi connectivity index (χ3n) is 4.98. The van der Waals surface area contributed by atoms with Crippen LogP contribution in [0.5, 0.6) is 0 Å². The van der Waals surface area contributed by atoms with Crippen LogP contribution in [-0.2, 0) is 28.7 Å². The number of primary sulfonamides is 1. The molecule has 2 N–H and O–H groups in total. The molecule has 0 saturated heterocycles. The zero-order valence-corrected chi connectivity index (χ0v) is 18.6. The summed E-state index contributed by atoms with van der Waals surface area (Å²) in [7, 11) is -3.75. The molecule has 4 aromatic rings. The van der Waals surface area contributed by atoms with Crippen LogP contribution in [0, 0.1) is 5.82 Å². The van der Waals surface area contributed by atoms with Gasteiger partial charge in [-0.25, -0.2) is 22.9 Å². The first-order valence-corrected chi connectivity index (χ1v) is 12.3. The van der Waals surface area contributed by atoms with Gasteiger partial charge in [0.05, 0.1) is 15.8 Å². The smallest absolute Gasteiger partial charge is 0.262 e. The van der Waals surface area contributed by atoms with E-state index in [9.17, 15) is 17.6 Å². The molecule has 0 amide bonds. The Hall–Kier alpha value is -3.01. The minimum absolute atomic E-state index is 0.0429. The number of thioether (sulfide) groups is 1. The molecule has 0 aliphatic carbocycles. The van der Waals surface area contributed by atoms with Crippen LogP contribution in [0.4, 0.5) is 4.39 Å². The lowest BCUT2D eigenvalue weighted by Crippen LogP contribution is -2.24. The highest BCUT2D eigenvalue weighted by molar-refractivity contribution is 7.98. The normalized spacial score (nSPS) is 11.7. The highest BCUT2D eigenvalue weighted by Gasteiger charge is 2.13. The summed E-state index contributed by atoms with van der Waals surface area (Å²) in [5.41, 5.74) is 2.27. The van der Waals surface area contributed by atoms with E-state index in [0.717, 1.165) is 11.1 Å². The molecule has 0 fully saturated rings. The molecule has 1 aromatic heterocycles. The molecule has 0 saturated carbocycles. The lowest BCUT2D eigenvalue weighted by Gasteiger charge is -2.13. The van der Waals surface area contributed by atoms with Gasteiger partial charge in [-0.1, -0.05) is 48.2 Å². The Kier molecular flexibility index (Phi) is 6.40. The van der Waals surface area contributed by atoms with E-state index in [0.29, 0.717) is 34.8 Å². The van der Waals surface area contributed by atoms with E-state index in [4.69, 9.17) is 5.14 Å². The van der Waals surface area contributed by atoms with Crippen LogP contribution >= 0.6 is 11.8 Å². The van der Waals surface area contributed by atoms with Gasteiger partial charge in [-0.05, 0) is 53.9 Å². The molecule has 0 bridgehead atoms. The second-order valence-corrected chi connectivity index (χ2v) is 9.73. The van der Waals surface area contributed by atoms with Gasteiger partial charge in [-0.3, -0.25) is 9.36 Å². The van der Waals surface area contributed by atoms with Crippen LogP contribution in [-0.4, -0.2) is 18.0 Å². The summed E-state index contributed by atoms with van der Waals surface area (Å²) in [4.78, 5) is 17.9. The van der Waals surface area contributed by atoms with Crippen molar-refractivity contribution in [2.24, 2.45) is 5.14 Å². The van der Waals surface area contributed by atoms with E-state index in [2.05, 4.69) is 4.98 Å². The van der Waals surface area contributed by atoms with E-state index in [1.807, 2.05) is 6.07 Å². The van der Waals surface area contributed by atoms with Gasteiger partial charge in [0.2, 0.25) is 10.0 Å². The van der Waals surface area contributed by atoms with Gasteiger partial charge in [0.15, 0.2) is 5.16 Å². The van der Waals surface area contributed by atoms with Gasteiger partial charge in [0.25, 0.3) is 5.56 Å². The Balaban J connectivity index is 1.62. The number of nitrogens with zero attached hydrogens (tertiary/aromatic N) is 2. The maximum atomic E-state index is 13.2. The first-order valence-electron chi connectivity index (χ1n) is 9.80. The number of nitrogens with two attached hydrogens (primary N) is 1. The van der Waals surface area contributed by atoms with Crippen molar-refractivity contribution in [2.75, 3.05) is 0 Å². The van der Waals surface area contributed by atoms with Gasteiger partial charge >= 0.3 is 0 Å². The van der Waals surface area contributed by atoms with Crippen molar-refractivity contribution >= 4 is 32.7 Å². The third kappa shape index (κ3) is 5.07. The largest absolute Gasteiger partial charge is 0.287 e. The molecular formula is C23H20FN3O3S2. The number of aryl methyl sites for hydroxylation is 1. The minimum atomic E-state index is -3.75. The Bertz CT molecular complexity index is 1420. The van der Waals surface area contributed by atoms with Crippen LogP contribution < -0.4 is 10.7 Å². The average Bonchev–Trinajstić information content (AvgIpc) is 2.78. The summed E-state index contributed by atoms with van der Waals surface area (Å²) < 4.78 is 37.7. The molecule has 0 radical (unpaired) electrons. The summed E-state index contributed by atoms with van der Waals surface area (Å²) in [6.45, 7) is 0.372. The summed E-state index contributed by atoms with van der Waals surface area (Å²) >= 11 is 1.41. The van der Waals surface area contributed by atoms with Crippen LogP contribution in [0.2, 0.25) is 0 Å². The summed E-state index contributed by atoms with van der Waals surface area (Å²) in [6.07, 6.45) is 0.509. The molecule has 0 spiro atoms. The maximum absolute atomic E-state index is 13.2. The predicted octanol–water partition coefficient (Wildman–Crippen LogP) is 3.72. The molecule has 0 aliphatic heterocycles. The highest BCUT2D eigenvalue weighted by atomic mass is 32.2. The van der Waals surface area contributed by atoms with E-state index < -0.39 is 10.0 Å². The van der Waals surface area contributed by atoms with Crippen molar-refractivity contribution in [3.8, 4) is 0 Å².